The summed E-state index contributed by atoms with van der Waals surface area (Å²) in [6, 6.07) is 4.13. The van der Waals surface area contributed by atoms with E-state index in [9.17, 15) is 5.11 Å². The number of fused-ring (bicyclic) bond motifs is 1. The van der Waals surface area contributed by atoms with E-state index in [1.54, 1.807) is 14.2 Å². The van der Waals surface area contributed by atoms with Gasteiger partial charge in [-0.2, -0.15) is 0 Å². The Kier molecular flexibility index (Phi) is 6.20. The molecule has 1 saturated carbocycles. The number of nitrogens with zero attached hydrogens (tertiary/aromatic N) is 1. The van der Waals surface area contributed by atoms with Gasteiger partial charge in [0.25, 0.3) is 0 Å². The smallest absolute Gasteiger partial charge is 0.161 e. The van der Waals surface area contributed by atoms with Crippen molar-refractivity contribution in [2.24, 2.45) is 5.92 Å². The minimum atomic E-state index is -0.436. The summed E-state index contributed by atoms with van der Waals surface area (Å²) in [6.07, 6.45) is 4.48. The van der Waals surface area contributed by atoms with Crippen LogP contribution in [0.25, 0.3) is 0 Å². The molecule has 25 heavy (non-hydrogen) atoms. The van der Waals surface area contributed by atoms with Gasteiger partial charge < -0.3 is 19.3 Å². The van der Waals surface area contributed by atoms with Crippen LogP contribution >= 0.6 is 0 Å². The van der Waals surface area contributed by atoms with Crippen molar-refractivity contribution in [3.63, 3.8) is 0 Å². The van der Waals surface area contributed by atoms with Crippen LogP contribution in [0.4, 0.5) is 0 Å². The Bertz CT molecular complexity index is 577. The molecule has 0 aromatic heterocycles. The van der Waals surface area contributed by atoms with E-state index in [2.05, 4.69) is 24.0 Å². The van der Waals surface area contributed by atoms with Gasteiger partial charge in [0.1, 0.15) is 0 Å². The van der Waals surface area contributed by atoms with Crippen LogP contribution in [0.15, 0.2) is 12.1 Å². The third kappa shape index (κ3) is 4.46. The maximum Gasteiger partial charge on any atom is 0.161 e. The first-order valence-electron chi connectivity index (χ1n) is 9.36. The van der Waals surface area contributed by atoms with Gasteiger partial charge in [-0.25, -0.2) is 0 Å². The predicted molar refractivity (Wildman–Crippen MR) is 97.3 cm³/mol. The summed E-state index contributed by atoms with van der Waals surface area (Å²) in [5.41, 5.74) is 2.56. The average molecular weight is 349 g/mol. The molecule has 0 bridgehead atoms. The SMILES string of the molecule is COc1cc2c(cc1OC)CN(C[C@@H](O)CO[C@@H]1CCC[C@@H]1C)CC2. The first kappa shape index (κ1) is 18.5. The van der Waals surface area contributed by atoms with E-state index in [1.165, 1.54) is 24.0 Å². The number of benzene rings is 1. The molecule has 5 heteroatoms. The normalized spacial score (nSPS) is 24.8. The van der Waals surface area contributed by atoms with E-state index < -0.39 is 6.10 Å². The van der Waals surface area contributed by atoms with Crippen molar-refractivity contribution < 1.29 is 19.3 Å². The third-order valence-corrected chi connectivity index (χ3v) is 5.55. The lowest BCUT2D eigenvalue weighted by Gasteiger charge is -2.31. The topological polar surface area (TPSA) is 51.2 Å². The second kappa shape index (κ2) is 8.39. The Hall–Kier alpha value is -1.30. The molecule has 1 heterocycles. The van der Waals surface area contributed by atoms with Crippen LogP contribution < -0.4 is 9.47 Å². The van der Waals surface area contributed by atoms with Gasteiger partial charge in [0.05, 0.1) is 33.0 Å². The number of aliphatic hydroxyl groups is 1. The maximum absolute atomic E-state index is 10.4. The number of hydrogen-bond acceptors (Lipinski definition) is 5. The van der Waals surface area contributed by atoms with Crippen molar-refractivity contribution >= 4 is 0 Å². The molecular weight excluding hydrogens is 318 g/mol. The Morgan fingerprint density at radius 3 is 2.52 bits per heavy atom. The van der Waals surface area contributed by atoms with E-state index in [0.717, 1.165) is 37.4 Å². The fraction of sp³-hybridized carbons (Fsp3) is 0.700. The summed E-state index contributed by atoms with van der Waals surface area (Å²) in [5.74, 6) is 2.17. The quantitative estimate of drug-likeness (QED) is 0.820. The van der Waals surface area contributed by atoms with Gasteiger partial charge >= 0.3 is 0 Å². The van der Waals surface area contributed by atoms with E-state index in [-0.39, 0.29) is 0 Å². The van der Waals surface area contributed by atoms with E-state index in [0.29, 0.717) is 25.2 Å². The van der Waals surface area contributed by atoms with Gasteiger partial charge in [-0.1, -0.05) is 13.3 Å². The van der Waals surface area contributed by atoms with Crippen LogP contribution in [0, 0.1) is 5.92 Å². The lowest BCUT2D eigenvalue weighted by molar-refractivity contribution is -0.0329. The summed E-state index contributed by atoms with van der Waals surface area (Å²) in [5, 5.41) is 10.4. The number of β-amino-alcohol motifs (C(OH)–C–C–N with tert-alkyl or cyclic N) is 1. The number of hydrogen-bond donors (Lipinski definition) is 1. The zero-order valence-corrected chi connectivity index (χ0v) is 15.7. The molecule has 1 fully saturated rings. The molecule has 1 aromatic rings. The molecular formula is C20H31NO4. The molecule has 0 amide bonds. The van der Waals surface area contributed by atoms with Crippen molar-refractivity contribution in [1.82, 2.24) is 4.90 Å². The first-order valence-corrected chi connectivity index (χ1v) is 9.36. The Morgan fingerprint density at radius 2 is 1.88 bits per heavy atom. The maximum atomic E-state index is 10.4. The fourth-order valence-electron chi connectivity index (χ4n) is 4.04. The van der Waals surface area contributed by atoms with Crippen molar-refractivity contribution in [1.29, 1.82) is 0 Å². The van der Waals surface area contributed by atoms with Crippen LogP contribution in [-0.2, 0) is 17.7 Å². The lowest BCUT2D eigenvalue weighted by atomic mass is 9.98. The summed E-state index contributed by atoms with van der Waals surface area (Å²) in [4.78, 5) is 2.29. The highest BCUT2D eigenvalue weighted by molar-refractivity contribution is 5.48. The van der Waals surface area contributed by atoms with Crippen molar-refractivity contribution in [3.05, 3.63) is 23.3 Å². The zero-order valence-electron chi connectivity index (χ0n) is 15.7. The van der Waals surface area contributed by atoms with E-state index in [4.69, 9.17) is 14.2 Å². The van der Waals surface area contributed by atoms with Crippen molar-refractivity contribution in [2.75, 3.05) is 33.9 Å². The fourth-order valence-corrected chi connectivity index (χ4v) is 4.04. The lowest BCUT2D eigenvalue weighted by Crippen LogP contribution is -2.39. The number of rotatable bonds is 7. The Morgan fingerprint density at radius 1 is 1.16 bits per heavy atom. The minimum absolute atomic E-state index is 0.327. The predicted octanol–water partition coefficient (Wildman–Crippen LogP) is 2.63. The summed E-state index contributed by atoms with van der Waals surface area (Å²) < 4.78 is 16.7. The van der Waals surface area contributed by atoms with Gasteiger partial charge in [0.2, 0.25) is 0 Å². The van der Waals surface area contributed by atoms with Crippen LogP contribution in [0.2, 0.25) is 0 Å². The van der Waals surface area contributed by atoms with Gasteiger partial charge in [0, 0.05) is 19.6 Å². The summed E-state index contributed by atoms with van der Waals surface area (Å²) >= 11 is 0. The molecule has 5 nitrogen and oxygen atoms in total. The van der Waals surface area contributed by atoms with E-state index >= 15 is 0 Å². The first-order chi connectivity index (χ1) is 12.1. The van der Waals surface area contributed by atoms with Gasteiger partial charge in [-0.05, 0) is 48.4 Å². The molecule has 1 aromatic carbocycles. The van der Waals surface area contributed by atoms with Crippen molar-refractivity contribution in [3.8, 4) is 11.5 Å². The second-order valence-electron chi connectivity index (χ2n) is 7.39. The number of methoxy groups -OCH3 is 2. The third-order valence-electron chi connectivity index (χ3n) is 5.55. The van der Waals surface area contributed by atoms with Gasteiger partial charge in [0.15, 0.2) is 11.5 Å². The number of ether oxygens (including phenoxy) is 3. The van der Waals surface area contributed by atoms with Crippen LogP contribution in [-0.4, -0.2) is 56.1 Å². The highest BCUT2D eigenvalue weighted by Crippen LogP contribution is 2.33. The minimum Gasteiger partial charge on any atom is -0.493 e. The standard InChI is InChI=1S/C20H31NO4/c1-14-5-4-6-18(14)25-13-17(22)12-21-8-7-15-9-19(23-2)20(24-3)10-16(15)11-21/h9-10,14,17-18,22H,4-8,11-13H2,1-3H3/t14-,17+,18+/m0/s1. The molecule has 0 radical (unpaired) electrons. The van der Waals surface area contributed by atoms with Crippen LogP contribution in [0.5, 0.6) is 11.5 Å². The van der Waals surface area contributed by atoms with Crippen LogP contribution in [0.1, 0.15) is 37.3 Å². The summed E-state index contributed by atoms with van der Waals surface area (Å²) in [7, 11) is 3.33. The second-order valence-corrected chi connectivity index (χ2v) is 7.39. The molecule has 140 valence electrons. The van der Waals surface area contributed by atoms with Gasteiger partial charge in [-0.15, -0.1) is 0 Å². The number of aliphatic hydroxyl groups excluding tert-OH is 1. The summed E-state index contributed by atoms with van der Waals surface area (Å²) in [6.45, 7) is 5.10. The molecule has 1 aliphatic carbocycles. The molecule has 0 saturated heterocycles. The molecule has 1 aliphatic heterocycles. The Labute approximate surface area is 150 Å². The Balaban J connectivity index is 1.53. The molecule has 0 spiro atoms. The largest absolute Gasteiger partial charge is 0.493 e. The molecule has 1 N–H and O–H groups in total. The van der Waals surface area contributed by atoms with E-state index in [1.807, 2.05) is 0 Å². The average Bonchev–Trinajstić information content (AvgIpc) is 3.03. The molecule has 3 atom stereocenters. The molecule has 2 aliphatic rings. The zero-order chi connectivity index (χ0) is 17.8. The van der Waals surface area contributed by atoms with Crippen molar-refractivity contribution in [2.45, 2.75) is 51.4 Å². The highest BCUT2D eigenvalue weighted by Gasteiger charge is 2.26. The monoisotopic (exact) mass is 349 g/mol. The van der Waals surface area contributed by atoms with Crippen LogP contribution in [0.3, 0.4) is 0 Å². The highest BCUT2D eigenvalue weighted by atomic mass is 16.5. The molecule has 0 unspecified atom stereocenters. The van der Waals surface area contributed by atoms with Gasteiger partial charge in [-0.3, -0.25) is 4.90 Å². The molecule has 3 rings (SSSR count).